The van der Waals surface area contributed by atoms with Crippen molar-refractivity contribution >= 4 is 6.03 Å². The van der Waals surface area contributed by atoms with Crippen molar-refractivity contribution in [2.24, 2.45) is 0 Å². The predicted molar refractivity (Wildman–Crippen MR) is 112 cm³/mol. The molecule has 1 saturated heterocycles. The van der Waals surface area contributed by atoms with Crippen LogP contribution in [-0.4, -0.2) is 48.6 Å². The molecule has 1 atom stereocenters. The minimum atomic E-state index is -0.00872. The summed E-state index contributed by atoms with van der Waals surface area (Å²) in [7, 11) is 0. The molecule has 1 aliphatic heterocycles. The fourth-order valence-corrected chi connectivity index (χ4v) is 3.53. The third-order valence-corrected chi connectivity index (χ3v) is 5.27. The molecule has 0 bridgehead atoms. The summed E-state index contributed by atoms with van der Waals surface area (Å²) in [6.07, 6.45) is 1.03. The standard InChI is InChI=1S/C23H31N3O2/c1-3-25(4-2)15-8-16-28-21-13-11-19(12-14-21)17-26-18-22(24-23(26)27)20-9-6-5-7-10-20/h5-7,9-14,22H,3-4,8,15-18H2,1-2H3,(H,24,27)/t22-/m1/s1. The zero-order valence-electron chi connectivity index (χ0n) is 16.9. The molecule has 1 fully saturated rings. The molecule has 0 unspecified atom stereocenters. The van der Waals surface area contributed by atoms with E-state index in [0.29, 0.717) is 13.1 Å². The summed E-state index contributed by atoms with van der Waals surface area (Å²) >= 11 is 0. The quantitative estimate of drug-likeness (QED) is 0.631. The van der Waals surface area contributed by atoms with Crippen molar-refractivity contribution < 1.29 is 9.53 Å². The maximum Gasteiger partial charge on any atom is 0.318 e. The van der Waals surface area contributed by atoms with Crippen LogP contribution in [0.4, 0.5) is 4.79 Å². The highest BCUT2D eigenvalue weighted by Gasteiger charge is 2.29. The lowest BCUT2D eigenvalue weighted by molar-refractivity contribution is 0.215. The van der Waals surface area contributed by atoms with Crippen LogP contribution in [0, 0.1) is 0 Å². The molecule has 1 heterocycles. The molecule has 150 valence electrons. The summed E-state index contributed by atoms with van der Waals surface area (Å²) in [5, 5.41) is 3.06. The lowest BCUT2D eigenvalue weighted by Crippen LogP contribution is -2.27. The molecule has 0 aromatic heterocycles. The van der Waals surface area contributed by atoms with Gasteiger partial charge in [-0.15, -0.1) is 0 Å². The Morgan fingerprint density at radius 3 is 2.46 bits per heavy atom. The number of rotatable bonds is 10. The Kier molecular flexibility index (Phi) is 7.31. The molecule has 0 aliphatic carbocycles. The maximum absolute atomic E-state index is 12.3. The van der Waals surface area contributed by atoms with E-state index in [-0.39, 0.29) is 12.1 Å². The molecule has 2 aromatic rings. The van der Waals surface area contributed by atoms with Gasteiger partial charge in [0.1, 0.15) is 5.75 Å². The monoisotopic (exact) mass is 381 g/mol. The van der Waals surface area contributed by atoms with Gasteiger partial charge in [-0.3, -0.25) is 0 Å². The molecule has 0 spiro atoms. The van der Waals surface area contributed by atoms with Gasteiger partial charge >= 0.3 is 6.03 Å². The Bertz CT molecular complexity index is 729. The molecule has 28 heavy (non-hydrogen) atoms. The van der Waals surface area contributed by atoms with Crippen molar-refractivity contribution in [3.8, 4) is 5.75 Å². The zero-order valence-corrected chi connectivity index (χ0v) is 16.9. The summed E-state index contributed by atoms with van der Waals surface area (Å²) < 4.78 is 5.85. The van der Waals surface area contributed by atoms with E-state index < -0.39 is 0 Å². The first-order valence-corrected chi connectivity index (χ1v) is 10.2. The smallest absolute Gasteiger partial charge is 0.318 e. The van der Waals surface area contributed by atoms with E-state index in [0.717, 1.165) is 49.5 Å². The average molecular weight is 382 g/mol. The van der Waals surface area contributed by atoms with Crippen molar-refractivity contribution in [1.82, 2.24) is 15.1 Å². The lowest BCUT2D eigenvalue weighted by atomic mass is 10.1. The van der Waals surface area contributed by atoms with Crippen LogP contribution in [0.2, 0.25) is 0 Å². The first-order valence-electron chi connectivity index (χ1n) is 10.2. The van der Waals surface area contributed by atoms with Crippen LogP contribution >= 0.6 is 0 Å². The zero-order chi connectivity index (χ0) is 19.8. The van der Waals surface area contributed by atoms with Gasteiger partial charge in [0, 0.05) is 19.6 Å². The molecule has 5 heteroatoms. The fraction of sp³-hybridized carbons (Fsp3) is 0.435. The Labute approximate surface area is 168 Å². The highest BCUT2D eigenvalue weighted by molar-refractivity contribution is 5.77. The van der Waals surface area contributed by atoms with Crippen LogP contribution in [0.1, 0.15) is 37.4 Å². The fourth-order valence-electron chi connectivity index (χ4n) is 3.53. The van der Waals surface area contributed by atoms with E-state index >= 15 is 0 Å². The van der Waals surface area contributed by atoms with E-state index in [1.165, 1.54) is 0 Å². The van der Waals surface area contributed by atoms with Gasteiger partial charge in [0.2, 0.25) is 0 Å². The van der Waals surface area contributed by atoms with Gasteiger partial charge in [-0.25, -0.2) is 4.79 Å². The molecular formula is C23H31N3O2. The van der Waals surface area contributed by atoms with Gasteiger partial charge < -0.3 is 19.9 Å². The summed E-state index contributed by atoms with van der Waals surface area (Å²) in [6.45, 7) is 9.63. The Morgan fingerprint density at radius 2 is 1.79 bits per heavy atom. The van der Waals surface area contributed by atoms with Gasteiger partial charge in [0.05, 0.1) is 12.6 Å². The minimum absolute atomic E-state index is 0.00872. The topological polar surface area (TPSA) is 44.8 Å². The minimum Gasteiger partial charge on any atom is -0.494 e. The Balaban J connectivity index is 1.46. The van der Waals surface area contributed by atoms with Gasteiger partial charge in [-0.05, 0) is 42.8 Å². The number of hydrogen-bond donors (Lipinski definition) is 1. The third-order valence-electron chi connectivity index (χ3n) is 5.27. The average Bonchev–Trinajstić information content (AvgIpc) is 3.10. The van der Waals surface area contributed by atoms with E-state index in [2.05, 4.69) is 36.2 Å². The molecule has 5 nitrogen and oxygen atoms in total. The molecule has 1 aliphatic rings. The second-order valence-corrected chi connectivity index (χ2v) is 7.17. The number of nitrogens with zero attached hydrogens (tertiary/aromatic N) is 2. The first kappa shape index (κ1) is 20.2. The van der Waals surface area contributed by atoms with Crippen molar-refractivity contribution in [3.63, 3.8) is 0 Å². The number of ether oxygens (including phenoxy) is 1. The molecule has 2 amide bonds. The van der Waals surface area contributed by atoms with Gasteiger partial charge in [-0.1, -0.05) is 56.3 Å². The van der Waals surface area contributed by atoms with E-state index in [1.807, 2.05) is 47.4 Å². The van der Waals surface area contributed by atoms with E-state index in [1.54, 1.807) is 0 Å². The van der Waals surface area contributed by atoms with E-state index in [4.69, 9.17) is 4.74 Å². The predicted octanol–water partition coefficient (Wildman–Crippen LogP) is 4.06. The van der Waals surface area contributed by atoms with E-state index in [9.17, 15) is 4.79 Å². The second kappa shape index (κ2) is 10.1. The van der Waals surface area contributed by atoms with Crippen molar-refractivity contribution in [2.45, 2.75) is 32.9 Å². The normalized spacial score (nSPS) is 16.5. The highest BCUT2D eigenvalue weighted by Crippen LogP contribution is 2.22. The van der Waals surface area contributed by atoms with Crippen molar-refractivity contribution in [3.05, 3.63) is 65.7 Å². The highest BCUT2D eigenvalue weighted by atomic mass is 16.5. The van der Waals surface area contributed by atoms with Gasteiger partial charge in [-0.2, -0.15) is 0 Å². The number of benzene rings is 2. The van der Waals surface area contributed by atoms with Crippen molar-refractivity contribution in [2.75, 3.05) is 32.8 Å². The number of nitrogens with one attached hydrogen (secondary N) is 1. The summed E-state index contributed by atoms with van der Waals surface area (Å²) in [5.74, 6) is 0.885. The number of carbonyl (C=O) groups excluding carboxylic acids is 1. The molecule has 0 saturated carbocycles. The lowest BCUT2D eigenvalue weighted by Gasteiger charge is -2.18. The Morgan fingerprint density at radius 1 is 1.07 bits per heavy atom. The molecule has 1 N–H and O–H groups in total. The van der Waals surface area contributed by atoms with Gasteiger partial charge in [0.25, 0.3) is 0 Å². The molecule has 3 rings (SSSR count). The van der Waals surface area contributed by atoms with Crippen molar-refractivity contribution in [1.29, 1.82) is 0 Å². The van der Waals surface area contributed by atoms with Crippen LogP contribution in [-0.2, 0) is 6.54 Å². The van der Waals surface area contributed by atoms with Crippen LogP contribution < -0.4 is 10.1 Å². The van der Waals surface area contributed by atoms with Crippen LogP contribution in [0.5, 0.6) is 5.75 Å². The number of carbonyl (C=O) groups is 1. The second-order valence-electron chi connectivity index (χ2n) is 7.17. The third kappa shape index (κ3) is 5.49. The SMILES string of the molecule is CCN(CC)CCCOc1ccc(CN2C[C@H](c3ccccc3)NC2=O)cc1. The van der Waals surface area contributed by atoms with Crippen LogP contribution in [0.15, 0.2) is 54.6 Å². The molecule has 0 radical (unpaired) electrons. The number of hydrogen-bond acceptors (Lipinski definition) is 3. The van der Waals surface area contributed by atoms with Crippen LogP contribution in [0.25, 0.3) is 0 Å². The summed E-state index contributed by atoms with van der Waals surface area (Å²) in [4.78, 5) is 16.6. The summed E-state index contributed by atoms with van der Waals surface area (Å²) in [6, 6.07) is 18.2. The maximum atomic E-state index is 12.3. The number of urea groups is 1. The largest absolute Gasteiger partial charge is 0.494 e. The van der Waals surface area contributed by atoms with Crippen LogP contribution in [0.3, 0.4) is 0 Å². The molecular weight excluding hydrogens is 350 g/mol. The number of amides is 2. The van der Waals surface area contributed by atoms with Gasteiger partial charge in [0.15, 0.2) is 0 Å². The molecule has 2 aromatic carbocycles. The summed E-state index contributed by atoms with van der Waals surface area (Å²) in [5.41, 5.74) is 2.26. The Hall–Kier alpha value is -2.53. The first-order chi connectivity index (χ1) is 13.7.